The number of rotatable bonds is 3. The predicted molar refractivity (Wildman–Crippen MR) is 95.9 cm³/mol. The van der Waals surface area contributed by atoms with Crippen LogP contribution in [0.15, 0.2) is 18.2 Å². The molecule has 1 aliphatic heterocycles. The van der Waals surface area contributed by atoms with Crippen molar-refractivity contribution in [2.45, 2.75) is 81.9 Å². The van der Waals surface area contributed by atoms with Crippen molar-refractivity contribution in [3.8, 4) is 5.75 Å². The molecule has 3 aliphatic rings. The Morgan fingerprint density at radius 2 is 1.45 bits per heavy atom. The number of hydrogen-bond acceptors (Lipinski definition) is 1. The molecule has 0 spiro atoms. The van der Waals surface area contributed by atoms with Crippen molar-refractivity contribution in [1.82, 2.24) is 0 Å². The van der Waals surface area contributed by atoms with Crippen LogP contribution < -0.4 is 10.0 Å². The Morgan fingerprint density at radius 3 is 2.09 bits per heavy atom. The van der Waals surface area contributed by atoms with Crippen molar-refractivity contribution in [2.75, 3.05) is 6.61 Å². The summed E-state index contributed by atoms with van der Waals surface area (Å²) in [6, 6.07) is 7.03. The minimum absolute atomic E-state index is 0.0199. The minimum atomic E-state index is -0.0199. The van der Waals surface area contributed by atoms with Gasteiger partial charge in [0.05, 0.1) is 6.61 Å². The number of fused-ring (bicyclic) bond motifs is 1. The maximum absolute atomic E-state index is 6.11. The lowest BCUT2D eigenvalue weighted by atomic mass is 9.99. The largest absolute Gasteiger partial charge is 0.492 e. The van der Waals surface area contributed by atoms with Crippen molar-refractivity contribution in [2.24, 2.45) is 0 Å². The molecule has 0 bridgehead atoms. The monoisotopic (exact) mass is 316 g/mol. The highest BCUT2D eigenvalue weighted by Crippen LogP contribution is 2.56. The fourth-order valence-electron chi connectivity index (χ4n) is 4.81. The molecule has 0 saturated heterocycles. The quantitative estimate of drug-likeness (QED) is 0.679. The Balaban J connectivity index is 1.68. The summed E-state index contributed by atoms with van der Waals surface area (Å²) in [6.07, 6.45) is 15.8. The highest BCUT2D eigenvalue weighted by molar-refractivity contribution is 7.67. The van der Waals surface area contributed by atoms with E-state index in [1.54, 1.807) is 5.30 Å². The first-order valence-electron chi connectivity index (χ1n) is 9.46. The standard InChI is InChI=1S/C20H29OP/c1-3-9-17(10-4-1)22(18-11-5-2-6-12-18)19-13-7-8-16-14-15-21-20(16)19/h7-8,13,17-18H,1-6,9-12,14-15H2. The first-order chi connectivity index (χ1) is 10.9. The van der Waals surface area contributed by atoms with Gasteiger partial charge in [0.25, 0.3) is 0 Å². The van der Waals surface area contributed by atoms with Gasteiger partial charge in [-0.1, -0.05) is 64.6 Å². The van der Waals surface area contributed by atoms with Gasteiger partial charge < -0.3 is 4.74 Å². The number of ether oxygens (including phenoxy) is 1. The summed E-state index contributed by atoms with van der Waals surface area (Å²) in [5, 5.41) is 1.64. The SMILES string of the molecule is c1cc2c(c(P(C3CCCCC3)C3CCCCC3)c1)OCC2. The van der Waals surface area contributed by atoms with Crippen LogP contribution in [0.3, 0.4) is 0 Å². The second kappa shape index (κ2) is 6.91. The molecule has 2 heteroatoms. The molecule has 0 atom stereocenters. The van der Waals surface area contributed by atoms with Crippen molar-refractivity contribution in [1.29, 1.82) is 0 Å². The average molecular weight is 316 g/mol. The molecule has 1 aromatic carbocycles. The first-order valence-corrected chi connectivity index (χ1v) is 10.9. The van der Waals surface area contributed by atoms with E-state index in [4.69, 9.17) is 4.74 Å². The minimum Gasteiger partial charge on any atom is -0.492 e. The normalized spacial score (nSPS) is 23.5. The molecule has 0 aromatic heterocycles. The summed E-state index contributed by atoms with van der Waals surface area (Å²) in [4.78, 5) is 0. The number of hydrogen-bond donors (Lipinski definition) is 0. The van der Waals surface area contributed by atoms with Gasteiger partial charge in [0.2, 0.25) is 0 Å². The van der Waals surface area contributed by atoms with Gasteiger partial charge in [-0.2, -0.15) is 0 Å². The Labute approximate surface area is 136 Å². The van der Waals surface area contributed by atoms with Crippen LogP contribution in [0.5, 0.6) is 5.75 Å². The third-order valence-corrected chi connectivity index (χ3v) is 9.42. The van der Waals surface area contributed by atoms with Crippen LogP contribution in [0, 0.1) is 0 Å². The lowest BCUT2D eigenvalue weighted by Gasteiger charge is -2.39. The van der Waals surface area contributed by atoms with E-state index in [1.807, 2.05) is 0 Å². The summed E-state index contributed by atoms with van der Waals surface area (Å²) >= 11 is 0. The van der Waals surface area contributed by atoms with Gasteiger partial charge >= 0.3 is 0 Å². The van der Waals surface area contributed by atoms with E-state index in [1.165, 1.54) is 75.5 Å². The highest BCUT2D eigenvalue weighted by Gasteiger charge is 2.35. The van der Waals surface area contributed by atoms with Crippen molar-refractivity contribution >= 4 is 13.2 Å². The Bertz CT molecular complexity index is 482. The Morgan fingerprint density at radius 1 is 0.818 bits per heavy atom. The smallest absolute Gasteiger partial charge is 0.130 e. The maximum Gasteiger partial charge on any atom is 0.130 e. The van der Waals surface area contributed by atoms with Crippen molar-refractivity contribution < 1.29 is 4.74 Å². The van der Waals surface area contributed by atoms with E-state index < -0.39 is 0 Å². The first kappa shape index (κ1) is 15.0. The molecular weight excluding hydrogens is 287 g/mol. The van der Waals surface area contributed by atoms with E-state index in [0.29, 0.717) is 0 Å². The van der Waals surface area contributed by atoms with E-state index in [0.717, 1.165) is 24.3 Å². The van der Waals surface area contributed by atoms with Crippen LogP contribution in [-0.2, 0) is 6.42 Å². The molecule has 2 saturated carbocycles. The fraction of sp³-hybridized carbons (Fsp3) is 0.700. The van der Waals surface area contributed by atoms with Gasteiger partial charge in [0.1, 0.15) is 5.75 Å². The molecule has 1 aromatic rings. The molecule has 0 N–H and O–H groups in total. The van der Waals surface area contributed by atoms with E-state index in [9.17, 15) is 0 Å². The highest BCUT2D eigenvalue weighted by atomic mass is 31.1. The molecule has 0 amide bonds. The van der Waals surface area contributed by atoms with E-state index in [2.05, 4.69) is 18.2 Å². The van der Waals surface area contributed by atoms with Gasteiger partial charge in [-0.25, -0.2) is 0 Å². The molecule has 120 valence electrons. The molecule has 0 unspecified atom stereocenters. The van der Waals surface area contributed by atoms with Crippen LogP contribution in [0.25, 0.3) is 0 Å². The summed E-state index contributed by atoms with van der Waals surface area (Å²) in [5.41, 5.74) is 3.43. The van der Waals surface area contributed by atoms with Crippen LogP contribution in [0.4, 0.5) is 0 Å². The second-order valence-electron chi connectivity index (χ2n) is 7.35. The maximum atomic E-state index is 6.11. The summed E-state index contributed by atoms with van der Waals surface area (Å²) in [5.74, 6) is 1.31. The van der Waals surface area contributed by atoms with Crippen LogP contribution in [0.2, 0.25) is 0 Å². The molecule has 2 aliphatic carbocycles. The lowest BCUT2D eigenvalue weighted by Crippen LogP contribution is -2.26. The number of benzene rings is 1. The average Bonchev–Trinajstić information content (AvgIpc) is 3.07. The van der Waals surface area contributed by atoms with Gasteiger partial charge in [-0.3, -0.25) is 0 Å². The second-order valence-corrected chi connectivity index (χ2v) is 10.1. The van der Waals surface area contributed by atoms with Gasteiger partial charge in [-0.15, -0.1) is 0 Å². The molecular formula is C20H29OP. The Hall–Kier alpha value is -0.550. The molecule has 0 radical (unpaired) electrons. The lowest BCUT2D eigenvalue weighted by molar-refractivity contribution is 0.359. The zero-order chi connectivity index (χ0) is 14.8. The summed E-state index contributed by atoms with van der Waals surface area (Å²) < 4.78 is 6.11. The van der Waals surface area contributed by atoms with Gasteiger partial charge in [-0.05, 0) is 42.6 Å². The third kappa shape index (κ3) is 2.94. The zero-order valence-electron chi connectivity index (χ0n) is 13.7. The van der Waals surface area contributed by atoms with Crippen LogP contribution >= 0.6 is 7.92 Å². The Kier molecular flexibility index (Phi) is 4.72. The molecule has 22 heavy (non-hydrogen) atoms. The predicted octanol–water partition coefficient (Wildman–Crippen LogP) is 5.39. The molecule has 2 fully saturated rings. The van der Waals surface area contributed by atoms with E-state index >= 15 is 0 Å². The fourth-order valence-corrected chi connectivity index (χ4v) is 8.74. The zero-order valence-corrected chi connectivity index (χ0v) is 14.6. The number of para-hydroxylation sites is 1. The van der Waals surface area contributed by atoms with Gasteiger partial charge in [0.15, 0.2) is 0 Å². The van der Waals surface area contributed by atoms with Crippen LogP contribution in [0.1, 0.15) is 69.8 Å². The summed E-state index contributed by atoms with van der Waals surface area (Å²) in [7, 11) is -0.0199. The van der Waals surface area contributed by atoms with E-state index in [-0.39, 0.29) is 7.92 Å². The molecule has 1 nitrogen and oxygen atoms in total. The third-order valence-electron chi connectivity index (χ3n) is 5.91. The van der Waals surface area contributed by atoms with Crippen LogP contribution in [-0.4, -0.2) is 17.9 Å². The van der Waals surface area contributed by atoms with Crippen molar-refractivity contribution in [3.05, 3.63) is 23.8 Å². The van der Waals surface area contributed by atoms with Gasteiger partial charge in [0, 0.05) is 11.7 Å². The topological polar surface area (TPSA) is 9.23 Å². The molecule has 1 heterocycles. The summed E-state index contributed by atoms with van der Waals surface area (Å²) in [6.45, 7) is 0.908. The molecule has 4 rings (SSSR count). The van der Waals surface area contributed by atoms with Crippen molar-refractivity contribution in [3.63, 3.8) is 0 Å².